The first-order chi connectivity index (χ1) is 8.90. The summed E-state index contributed by atoms with van der Waals surface area (Å²) in [6, 6.07) is 5.06. The van der Waals surface area contributed by atoms with E-state index in [4.69, 9.17) is 5.11 Å². The predicted molar refractivity (Wildman–Crippen MR) is 80.3 cm³/mol. The van der Waals surface area contributed by atoms with E-state index >= 15 is 0 Å². The summed E-state index contributed by atoms with van der Waals surface area (Å²) in [5, 5.41) is 14.0. The number of amides is 2. The summed E-state index contributed by atoms with van der Waals surface area (Å²) in [4.78, 5) is 22.2. The standard InChI is InChI=1S/C12H14Br2N2O3/c1-7(11(17)18)4-5-15-12(19)16-10-6-8(13)2-3-9(10)14/h2-3,6-7H,4-5H2,1H3,(H,17,18)(H2,15,16,19). The molecule has 0 aliphatic heterocycles. The maximum Gasteiger partial charge on any atom is 0.319 e. The summed E-state index contributed by atoms with van der Waals surface area (Å²) in [7, 11) is 0. The van der Waals surface area contributed by atoms with Crippen LogP contribution in [0.3, 0.4) is 0 Å². The van der Waals surface area contributed by atoms with Crippen LogP contribution in [0.2, 0.25) is 0 Å². The smallest absolute Gasteiger partial charge is 0.319 e. The number of carbonyl (C=O) groups excluding carboxylic acids is 1. The second kappa shape index (κ2) is 7.49. The minimum Gasteiger partial charge on any atom is -0.481 e. The number of rotatable bonds is 5. The van der Waals surface area contributed by atoms with Crippen molar-refractivity contribution in [2.24, 2.45) is 5.92 Å². The maximum absolute atomic E-state index is 11.6. The van der Waals surface area contributed by atoms with Crippen molar-refractivity contribution in [3.8, 4) is 0 Å². The SMILES string of the molecule is CC(CCNC(=O)Nc1cc(Br)ccc1Br)C(=O)O. The Hall–Kier alpha value is -1.08. The number of nitrogens with one attached hydrogen (secondary N) is 2. The molecule has 0 saturated heterocycles. The third-order valence-electron chi connectivity index (χ3n) is 2.46. The number of anilines is 1. The molecule has 5 nitrogen and oxygen atoms in total. The number of halogens is 2. The molecule has 0 aliphatic carbocycles. The molecule has 1 unspecified atom stereocenters. The van der Waals surface area contributed by atoms with Gasteiger partial charge in [-0.2, -0.15) is 0 Å². The Morgan fingerprint density at radius 3 is 2.68 bits per heavy atom. The van der Waals surface area contributed by atoms with E-state index in [-0.39, 0.29) is 6.03 Å². The molecule has 0 spiro atoms. The van der Waals surface area contributed by atoms with Crippen LogP contribution < -0.4 is 10.6 Å². The normalized spacial score (nSPS) is 11.7. The molecule has 0 bridgehead atoms. The van der Waals surface area contributed by atoms with Crippen LogP contribution >= 0.6 is 31.9 Å². The molecule has 1 aromatic rings. The molecule has 0 aliphatic rings. The number of carboxylic acid groups (broad SMARTS) is 1. The highest BCUT2D eigenvalue weighted by Crippen LogP contribution is 2.25. The quantitative estimate of drug-likeness (QED) is 0.716. The summed E-state index contributed by atoms with van der Waals surface area (Å²) < 4.78 is 1.62. The van der Waals surface area contributed by atoms with Crippen molar-refractivity contribution in [3.63, 3.8) is 0 Å². The van der Waals surface area contributed by atoms with Gasteiger partial charge >= 0.3 is 12.0 Å². The number of carbonyl (C=O) groups is 2. The molecule has 1 aromatic carbocycles. The van der Waals surface area contributed by atoms with Crippen LogP contribution in [0.4, 0.5) is 10.5 Å². The average molecular weight is 394 g/mol. The molecule has 0 fully saturated rings. The predicted octanol–water partition coefficient (Wildman–Crippen LogP) is 3.44. The number of aliphatic carboxylic acids is 1. The highest BCUT2D eigenvalue weighted by atomic mass is 79.9. The Morgan fingerprint density at radius 1 is 1.37 bits per heavy atom. The van der Waals surface area contributed by atoms with Crippen LogP contribution in [0.15, 0.2) is 27.1 Å². The van der Waals surface area contributed by atoms with Gasteiger partial charge in [-0.1, -0.05) is 22.9 Å². The van der Waals surface area contributed by atoms with Gasteiger partial charge in [0.25, 0.3) is 0 Å². The van der Waals surface area contributed by atoms with Crippen LogP contribution in [0.1, 0.15) is 13.3 Å². The fourth-order valence-corrected chi connectivity index (χ4v) is 1.99. The van der Waals surface area contributed by atoms with Crippen molar-refractivity contribution in [2.75, 3.05) is 11.9 Å². The zero-order valence-electron chi connectivity index (χ0n) is 10.2. The van der Waals surface area contributed by atoms with Gasteiger partial charge < -0.3 is 15.7 Å². The van der Waals surface area contributed by atoms with Crippen LogP contribution in [0.5, 0.6) is 0 Å². The van der Waals surface area contributed by atoms with Crippen LogP contribution in [0, 0.1) is 5.92 Å². The molecule has 0 aromatic heterocycles. The summed E-state index contributed by atoms with van der Waals surface area (Å²) in [6.07, 6.45) is 0.391. The van der Waals surface area contributed by atoms with Crippen molar-refractivity contribution < 1.29 is 14.7 Å². The summed E-state index contributed by atoms with van der Waals surface area (Å²) in [5.74, 6) is -1.34. The number of hydrogen-bond donors (Lipinski definition) is 3. The molecule has 0 heterocycles. The molecular formula is C12H14Br2N2O3. The summed E-state index contributed by atoms with van der Waals surface area (Å²) >= 11 is 6.64. The van der Waals surface area contributed by atoms with Crippen LogP contribution in [-0.2, 0) is 4.79 Å². The Labute approximate surface area is 128 Å². The second-order valence-corrected chi connectivity index (χ2v) is 5.80. The lowest BCUT2D eigenvalue weighted by molar-refractivity contribution is -0.141. The molecule has 1 atom stereocenters. The van der Waals surface area contributed by atoms with Gasteiger partial charge in [0.1, 0.15) is 0 Å². The van der Waals surface area contributed by atoms with Crippen LogP contribution in [-0.4, -0.2) is 23.7 Å². The van der Waals surface area contributed by atoms with Crippen LogP contribution in [0.25, 0.3) is 0 Å². The van der Waals surface area contributed by atoms with E-state index in [0.29, 0.717) is 18.7 Å². The lowest BCUT2D eigenvalue weighted by Crippen LogP contribution is -2.31. The molecule has 3 N–H and O–H groups in total. The highest BCUT2D eigenvalue weighted by molar-refractivity contribution is 9.11. The largest absolute Gasteiger partial charge is 0.481 e. The van der Waals surface area contributed by atoms with Gasteiger partial charge in [-0.3, -0.25) is 4.79 Å². The molecule has 1 rings (SSSR count). The van der Waals surface area contributed by atoms with Crippen molar-refractivity contribution in [1.82, 2.24) is 5.32 Å². The van der Waals surface area contributed by atoms with Gasteiger partial charge in [0.15, 0.2) is 0 Å². The first-order valence-corrected chi connectivity index (χ1v) is 7.21. The van der Waals surface area contributed by atoms with E-state index in [2.05, 4.69) is 42.5 Å². The lowest BCUT2D eigenvalue weighted by Gasteiger charge is -2.10. The molecule has 2 amide bonds. The fraction of sp³-hybridized carbons (Fsp3) is 0.333. The van der Waals surface area contributed by atoms with E-state index in [1.807, 2.05) is 12.1 Å². The number of benzene rings is 1. The molecule has 0 saturated carbocycles. The molecule has 7 heteroatoms. The topological polar surface area (TPSA) is 78.4 Å². The third-order valence-corrected chi connectivity index (χ3v) is 3.65. The van der Waals surface area contributed by atoms with Gasteiger partial charge in [-0.05, 0) is 40.5 Å². The average Bonchev–Trinajstić information content (AvgIpc) is 2.33. The van der Waals surface area contributed by atoms with E-state index in [9.17, 15) is 9.59 Å². The van der Waals surface area contributed by atoms with Gasteiger partial charge in [0, 0.05) is 15.5 Å². The Bertz CT molecular complexity index is 480. The summed E-state index contributed by atoms with van der Waals surface area (Å²) in [6.45, 7) is 1.91. The van der Waals surface area contributed by atoms with E-state index < -0.39 is 11.9 Å². The highest BCUT2D eigenvalue weighted by Gasteiger charge is 2.11. The molecule has 104 valence electrons. The molecule has 0 radical (unpaired) electrons. The number of carboxylic acids is 1. The van der Waals surface area contributed by atoms with E-state index in [0.717, 1.165) is 8.95 Å². The first-order valence-electron chi connectivity index (χ1n) is 5.63. The minimum absolute atomic E-state index is 0.310. The van der Waals surface area contributed by atoms with Gasteiger partial charge in [0.2, 0.25) is 0 Å². The van der Waals surface area contributed by atoms with Gasteiger partial charge in [-0.15, -0.1) is 0 Å². The van der Waals surface area contributed by atoms with Crippen molar-refractivity contribution in [1.29, 1.82) is 0 Å². The molecular weight excluding hydrogens is 380 g/mol. The second-order valence-electron chi connectivity index (χ2n) is 4.03. The third kappa shape index (κ3) is 5.61. The number of urea groups is 1. The van der Waals surface area contributed by atoms with E-state index in [1.165, 1.54) is 0 Å². The van der Waals surface area contributed by atoms with Gasteiger partial charge in [-0.25, -0.2) is 4.79 Å². The molecule has 19 heavy (non-hydrogen) atoms. The number of hydrogen-bond acceptors (Lipinski definition) is 2. The Morgan fingerprint density at radius 2 is 2.05 bits per heavy atom. The lowest BCUT2D eigenvalue weighted by atomic mass is 10.1. The zero-order valence-corrected chi connectivity index (χ0v) is 13.4. The maximum atomic E-state index is 11.6. The van der Waals surface area contributed by atoms with Crippen molar-refractivity contribution >= 4 is 49.5 Å². The van der Waals surface area contributed by atoms with E-state index in [1.54, 1.807) is 13.0 Å². The van der Waals surface area contributed by atoms with Crippen molar-refractivity contribution in [3.05, 3.63) is 27.1 Å². The fourth-order valence-electron chi connectivity index (χ4n) is 1.29. The monoisotopic (exact) mass is 392 g/mol. The Balaban J connectivity index is 2.43. The van der Waals surface area contributed by atoms with Crippen molar-refractivity contribution in [2.45, 2.75) is 13.3 Å². The summed E-state index contributed by atoms with van der Waals surface area (Å²) in [5.41, 5.74) is 0.637. The minimum atomic E-state index is -0.864. The van der Waals surface area contributed by atoms with Gasteiger partial charge in [0.05, 0.1) is 11.6 Å². The first kappa shape index (κ1) is 16.0. The Kier molecular flexibility index (Phi) is 6.30. The zero-order chi connectivity index (χ0) is 14.4.